The first-order chi connectivity index (χ1) is 3.48. The molecule has 0 aromatic rings. The van der Waals surface area contributed by atoms with Crippen LogP contribution in [0.25, 0.3) is 0 Å². The van der Waals surface area contributed by atoms with Crippen molar-refractivity contribution < 1.29 is 28.1 Å². The highest BCUT2D eigenvalue weighted by molar-refractivity contribution is 5.74. The number of alkyl halides is 3. The van der Waals surface area contributed by atoms with E-state index in [1.807, 2.05) is 0 Å². The average molecular weight is 129 g/mol. The van der Waals surface area contributed by atoms with Crippen molar-refractivity contribution in [2.45, 2.75) is 6.18 Å². The largest absolute Gasteiger partial charge is 0.661 e. The van der Waals surface area contributed by atoms with E-state index in [9.17, 15) is 18.0 Å². The standard InChI is InChI=1S/C2HF3O3/c3-2(4,5)1(6)8-7/h7H/p-1. The van der Waals surface area contributed by atoms with Crippen molar-refractivity contribution in [3.63, 3.8) is 0 Å². The third-order valence-corrected chi connectivity index (χ3v) is 0.307. The van der Waals surface area contributed by atoms with Crippen LogP contribution in [0, 0.1) is 0 Å². The first kappa shape index (κ1) is 7.22. The van der Waals surface area contributed by atoms with Crippen LogP contribution in [0.4, 0.5) is 13.2 Å². The predicted molar refractivity (Wildman–Crippen MR) is 12.1 cm³/mol. The van der Waals surface area contributed by atoms with Crippen LogP contribution in [-0.2, 0) is 9.68 Å². The van der Waals surface area contributed by atoms with E-state index in [4.69, 9.17) is 5.26 Å². The van der Waals surface area contributed by atoms with Crippen molar-refractivity contribution in [3.05, 3.63) is 0 Å². The van der Waals surface area contributed by atoms with Crippen LogP contribution in [0.15, 0.2) is 0 Å². The van der Waals surface area contributed by atoms with Crippen LogP contribution >= 0.6 is 0 Å². The summed E-state index contributed by atoms with van der Waals surface area (Å²) in [6, 6.07) is 0. The summed E-state index contributed by atoms with van der Waals surface area (Å²) < 4.78 is 32.3. The van der Waals surface area contributed by atoms with Gasteiger partial charge >= 0.3 is 12.1 Å². The molecular weight excluding hydrogens is 129 g/mol. The van der Waals surface area contributed by atoms with Gasteiger partial charge in [0.2, 0.25) is 0 Å². The van der Waals surface area contributed by atoms with Crippen molar-refractivity contribution in [1.29, 1.82) is 0 Å². The predicted octanol–water partition coefficient (Wildman–Crippen LogP) is -0.633. The lowest BCUT2D eigenvalue weighted by Gasteiger charge is -2.07. The first-order valence-corrected chi connectivity index (χ1v) is 1.39. The van der Waals surface area contributed by atoms with Gasteiger partial charge in [-0.3, -0.25) is 0 Å². The minimum Gasteiger partial charge on any atom is -0.661 e. The van der Waals surface area contributed by atoms with E-state index >= 15 is 0 Å². The highest BCUT2D eigenvalue weighted by Gasteiger charge is 2.39. The van der Waals surface area contributed by atoms with Gasteiger partial charge in [0.25, 0.3) is 0 Å². The Balaban J connectivity index is 3.82. The number of carbonyl (C=O) groups is 1. The maximum atomic E-state index is 10.8. The molecule has 0 rings (SSSR count). The van der Waals surface area contributed by atoms with Crippen molar-refractivity contribution in [3.8, 4) is 0 Å². The lowest BCUT2D eigenvalue weighted by Crippen LogP contribution is -2.29. The lowest BCUT2D eigenvalue weighted by molar-refractivity contribution is -0.660. The molecule has 0 fully saturated rings. The molecule has 6 heteroatoms. The second-order valence-corrected chi connectivity index (χ2v) is 0.869. The molecule has 0 N–H and O–H groups in total. The van der Waals surface area contributed by atoms with Crippen molar-refractivity contribution in [1.82, 2.24) is 0 Å². The molecule has 0 radical (unpaired) electrons. The van der Waals surface area contributed by atoms with E-state index in [1.165, 1.54) is 0 Å². The first-order valence-electron chi connectivity index (χ1n) is 1.39. The second kappa shape index (κ2) is 1.99. The number of rotatable bonds is 0. The Morgan fingerprint density at radius 2 is 1.88 bits per heavy atom. The summed E-state index contributed by atoms with van der Waals surface area (Å²) in [5.41, 5.74) is 0. The van der Waals surface area contributed by atoms with Crippen molar-refractivity contribution in [2.75, 3.05) is 0 Å². The topological polar surface area (TPSA) is 49.4 Å². The molecule has 0 aliphatic carbocycles. The molecule has 48 valence electrons. The summed E-state index contributed by atoms with van der Waals surface area (Å²) in [6.45, 7) is 0. The molecular formula is C2F3O3-. The van der Waals surface area contributed by atoms with Crippen LogP contribution in [0.3, 0.4) is 0 Å². The fraction of sp³-hybridized carbons (Fsp3) is 0.500. The molecule has 0 spiro atoms. The van der Waals surface area contributed by atoms with Gasteiger partial charge < -0.3 is 10.1 Å². The van der Waals surface area contributed by atoms with E-state index < -0.39 is 12.1 Å². The van der Waals surface area contributed by atoms with Crippen LogP contribution in [0.2, 0.25) is 0 Å². The van der Waals surface area contributed by atoms with Gasteiger partial charge in [-0.05, 0) is 0 Å². The third-order valence-electron chi connectivity index (χ3n) is 0.307. The number of hydrogen-bond acceptors (Lipinski definition) is 3. The fourth-order valence-electron chi connectivity index (χ4n) is 0.0472. The maximum Gasteiger partial charge on any atom is 0.490 e. The Kier molecular flexibility index (Phi) is 1.80. The van der Waals surface area contributed by atoms with Gasteiger partial charge in [0.15, 0.2) is 0 Å². The van der Waals surface area contributed by atoms with Crippen LogP contribution in [0.1, 0.15) is 0 Å². The molecule has 0 saturated heterocycles. The third kappa shape index (κ3) is 1.78. The Morgan fingerprint density at radius 3 is 1.88 bits per heavy atom. The number of hydrogen-bond donors (Lipinski definition) is 0. The van der Waals surface area contributed by atoms with E-state index in [0.29, 0.717) is 0 Å². The summed E-state index contributed by atoms with van der Waals surface area (Å²) in [5, 5.41) is 8.71. The maximum absolute atomic E-state index is 10.8. The van der Waals surface area contributed by atoms with Crippen LogP contribution < -0.4 is 5.26 Å². The highest BCUT2D eigenvalue weighted by Crippen LogP contribution is 2.14. The van der Waals surface area contributed by atoms with E-state index in [1.54, 1.807) is 0 Å². The average Bonchev–Trinajstić information content (AvgIpc) is 1.62. The zero-order valence-corrected chi connectivity index (χ0v) is 3.36. The molecule has 0 aliphatic rings. The summed E-state index contributed by atoms with van der Waals surface area (Å²) >= 11 is 0. The van der Waals surface area contributed by atoms with Gasteiger partial charge in [-0.2, -0.15) is 13.2 Å². The summed E-state index contributed by atoms with van der Waals surface area (Å²) in [4.78, 5) is 11.3. The summed E-state index contributed by atoms with van der Waals surface area (Å²) in [6.07, 6.45) is -5.16. The smallest absolute Gasteiger partial charge is 0.490 e. The molecule has 0 saturated carbocycles. The van der Waals surface area contributed by atoms with Crippen LogP contribution in [0.5, 0.6) is 0 Å². The van der Waals surface area contributed by atoms with E-state index in [-0.39, 0.29) is 0 Å². The number of halogens is 3. The molecule has 0 amide bonds. The molecule has 0 bridgehead atoms. The number of carbonyl (C=O) groups excluding carboxylic acids is 1. The second-order valence-electron chi connectivity index (χ2n) is 0.869. The molecule has 0 atom stereocenters. The van der Waals surface area contributed by atoms with Gasteiger partial charge in [0, 0.05) is 0 Å². The minimum absolute atomic E-state index is 2.10. The Hall–Kier alpha value is -0.780. The van der Waals surface area contributed by atoms with Gasteiger partial charge in [0.1, 0.15) is 0 Å². The van der Waals surface area contributed by atoms with Gasteiger partial charge in [-0.15, -0.1) is 0 Å². The quantitative estimate of drug-likeness (QED) is 0.323. The zero-order valence-electron chi connectivity index (χ0n) is 3.36. The normalized spacial score (nSPS) is 11.0. The summed E-state index contributed by atoms with van der Waals surface area (Å²) in [7, 11) is 0. The molecule has 8 heavy (non-hydrogen) atoms. The Bertz CT molecular complexity index is 95.2. The van der Waals surface area contributed by atoms with Gasteiger partial charge in [0.05, 0.1) is 0 Å². The SMILES string of the molecule is O=C(O[O-])C(F)(F)F. The van der Waals surface area contributed by atoms with Gasteiger partial charge in [-0.25, -0.2) is 4.79 Å². The Labute approximate surface area is 41.6 Å². The molecule has 0 unspecified atom stereocenters. The molecule has 3 nitrogen and oxygen atoms in total. The lowest BCUT2D eigenvalue weighted by atomic mass is 10.7. The van der Waals surface area contributed by atoms with Crippen molar-refractivity contribution >= 4 is 5.97 Å². The van der Waals surface area contributed by atoms with Gasteiger partial charge in [-0.1, -0.05) is 0 Å². The minimum atomic E-state index is -5.16. The molecule has 0 heterocycles. The molecule has 0 aromatic heterocycles. The fourth-order valence-corrected chi connectivity index (χ4v) is 0.0472. The van der Waals surface area contributed by atoms with E-state index in [2.05, 4.69) is 4.89 Å². The van der Waals surface area contributed by atoms with Crippen molar-refractivity contribution in [2.24, 2.45) is 0 Å². The monoisotopic (exact) mass is 129 g/mol. The summed E-state index contributed by atoms with van der Waals surface area (Å²) in [5.74, 6) is -2.72. The van der Waals surface area contributed by atoms with Crippen LogP contribution in [-0.4, -0.2) is 12.1 Å². The molecule has 0 aromatic carbocycles. The Morgan fingerprint density at radius 1 is 1.50 bits per heavy atom. The zero-order chi connectivity index (χ0) is 6.78. The highest BCUT2D eigenvalue weighted by atomic mass is 19.4. The molecule has 0 aliphatic heterocycles. The van der Waals surface area contributed by atoms with E-state index in [0.717, 1.165) is 0 Å².